The fourth-order valence-corrected chi connectivity index (χ4v) is 3.09. The number of esters is 1. The number of hydrogen-bond donors (Lipinski definition) is 0. The first-order chi connectivity index (χ1) is 19.8. The topological polar surface area (TPSA) is 117 Å². The van der Waals surface area contributed by atoms with Gasteiger partial charge in [-0.05, 0) is 30.7 Å². The van der Waals surface area contributed by atoms with Gasteiger partial charge in [0.25, 0.3) is 0 Å². The van der Waals surface area contributed by atoms with Crippen LogP contribution in [-0.2, 0) is 42.7 Å². The van der Waals surface area contributed by atoms with Gasteiger partial charge in [-0.25, -0.2) is 0 Å². The Balaban J connectivity index is 1.68. The molecule has 1 rings (SSSR count). The summed E-state index contributed by atoms with van der Waals surface area (Å²) in [6, 6.07) is 6.92. The van der Waals surface area contributed by atoms with Crippen molar-refractivity contribution >= 4 is 12.3 Å². The fraction of sp³-hybridized carbons (Fsp3) is 0.724. The van der Waals surface area contributed by atoms with Crippen molar-refractivity contribution < 1.29 is 52.2 Å². The van der Waals surface area contributed by atoms with Gasteiger partial charge in [0.2, 0.25) is 0 Å². The van der Waals surface area contributed by atoms with E-state index in [9.17, 15) is 9.59 Å². The molecule has 0 atom stereocenters. The maximum absolute atomic E-state index is 11.4. The van der Waals surface area contributed by atoms with Crippen molar-refractivity contribution in [3.05, 3.63) is 29.8 Å². The third-order valence-electron chi connectivity index (χ3n) is 5.22. The summed E-state index contributed by atoms with van der Waals surface area (Å²) >= 11 is 0. The van der Waals surface area contributed by atoms with Gasteiger partial charge in [-0.15, -0.1) is 0 Å². The second-order valence-corrected chi connectivity index (χ2v) is 8.50. The molecule has 0 heterocycles. The average Bonchev–Trinajstić information content (AvgIpc) is 2.97. The highest BCUT2D eigenvalue weighted by atomic mass is 16.6. The number of hydrogen-bond acceptors (Lipinski definition) is 11. The van der Waals surface area contributed by atoms with E-state index in [1.54, 1.807) is 24.3 Å². The zero-order valence-corrected chi connectivity index (χ0v) is 24.0. The normalized spacial score (nSPS) is 11.0. The SMILES string of the molecule is CCCCCC(=O)OCCOCCOCCOCCOCCOCCOCCOCCOc1ccc(C=O)cc1. The highest BCUT2D eigenvalue weighted by Crippen LogP contribution is 2.10. The zero-order chi connectivity index (χ0) is 28.8. The van der Waals surface area contributed by atoms with E-state index in [4.69, 9.17) is 42.6 Å². The molecule has 0 N–H and O–H groups in total. The number of carbonyl (C=O) groups is 2. The second kappa shape index (κ2) is 28.4. The van der Waals surface area contributed by atoms with Gasteiger partial charge >= 0.3 is 5.97 Å². The number of ether oxygens (including phenoxy) is 9. The first kappa shape index (κ1) is 35.9. The molecule has 1 aromatic rings. The number of rotatable bonds is 30. The lowest BCUT2D eigenvalue weighted by Crippen LogP contribution is -2.15. The summed E-state index contributed by atoms with van der Waals surface area (Å²) in [6.07, 6.45) is 4.28. The number of aldehydes is 1. The third-order valence-corrected chi connectivity index (χ3v) is 5.22. The molecule has 0 spiro atoms. The summed E-state index contributed by atoms with van der Waals surface area (Å²) in [5.41, 5.74) is 0.617. The van der Waals surface area contributed by atoms with E-state index in [1.807, 2.05) is 0 Å². The Morgan fingerprint density at radius 2 is 0.975 bits per heavy atom. The van der Waals surface area contributed by atoms with Gasteiger partial charge in [0.1, 0.15) is 25.2 Å². The lowest BCUT2D eigenvalue weighted by molar-refractivity contribution is -0.145. The van der Waals surface area contributed by atoms with Gasteiger partial charge < -0.3 is 42.6 Å². The molecule has 40 heavy (non-hydrogen) atoms. The van der Waals surface area contributed by atoms with Crippen LogP contribution in [0.2, 0.25) is 0 Å². The van der Waals surface area contributed by atoms with Crippen LogP contribution in [0.25, 0.3) is 0 Å². The lowest BCUT2D eigenvalue weighted by atomic mass is 10.2. The van der Waals surface area contributed by atoms with Crippen LogP contribution in [0.3, 0.4) is 0 Å². The number of benzene rings is 1. The van der Waals surface area contributed by atoms with Crippen LogP contribution in [-0.4, -0.2) is 118 Å². The average molecular weight is 573 g/mol. The minimum Gasteiger partial charge on any atom is -0.491 e. The molecule has 0 saturated heterocycles. The molecule has 0 unspecified atom stereocenters. The van der Waals surface area contributed by atoms with E-state index in [0.717, 1.165) is 25.5 Å². The lowest BCUT2D eigenvalue weighted by Gasteiger charge is -2.09. The molecule has 0 amide bonds. The molecule has 11 heteroatoms. The van der Waals surface area contributed by atoms with Crippen molar-refractivity contribution in [1.29, 1.82) is 0 Å². The van der Waals surface area contributed by atoms with Crippen LogP contribution >= 0.6 is 0 Å². The summed E-state index contributed by atoms with van der Waals surface area (Å²) in [4.78, 5) is 22.0. The molecular formula is C29H48O11. The van der Waals surface area contributed by atoms with Crippen molar-refractivity contribution in [1.82, 2.24) is 0 Å². The van der Waals surface area contributed by atoms with E-state index in [2.05, 4.69) is 6.92 Å². The van der Waals surface area contributed by atoms with Crippen LogP contribution in [0, 0.1) is 0 Å². The monoisotopic (exact) mass is 572 g/mol. The summed E-state index contributed by atoms with van der Waals surface area (Å²) in [6.45, 7) is 9.44. The maximum atomic E-state index is 11.4. The van der Waals surface area contributed by atoms with Crippen LogP contribution in [0.15, 0.2) is 24.3 Å². The maximum Gasteiger partial charge on any atom is 0.305 e. The van der Waals surface area contributed by atoms with Gasteiger partial charge in [-0.1, -0.05) is 19.8 Å². The molecule has 0 aliphatic carbocycles. The minimum absolute atomic E-state index is 0.161. The van der Waals surface area contributed by atoms with E-state index in [1.165, 1.54) is 0 Å². The third kappa shape index (κ3) is 23.7. The Morgan fingerprint density at radius 1 is 0.575 bits per heavy atom. The van der Waals surface area contributed by atoms with Gasteiger partial charge in [0, 0.05) is 12.0 Å². The van der Waals surface area contributed by atoms with Gasteiger partial charge in [0.05, 0.1) is 92.5 Å². The predicted octanol–water partition coefficient (Wildman–Crippen LogP) is 3.12. The van der Waals surface area contributed by atoms with Gasteiger partial charge in [0.15, 0.2) is 0 Å². The van der Waals surface area contributed by atoms with E-state index in [-0.39, 0.29) is 12.6 Å². The van der Waals surface area contributed by atoms with Crippen molar-refractivity contribution in [3.8, 4) is 5.75 Å². The molecule has 0 aliphatic rings. The van der Waals surface area contributed by atoms with Gasteiger partial charge in [-0.3, -0.25) is 9.59 Å². The van der Waals surface area contributed by atoms with Crippen molar-refractivity contribution in [2.75, 3.05) is 106 Å². The largest absolute Gasteiger partial charge is 0.491 e. The zero-order valence-electron chi connectivity index (χ0n) is 24.0. The van der Waals surface area contributed by atoms with Crippen LogP contribution < -0.4 is 4.74 Å². The van der Waals surface area contributed by atoms with E-state index in [0.29, 0.717) is 117 Å². The van der Waals surface area contributed by atoms with Crippen LogP contribution in [0.5, 0.6) is 5.75 Å². The first-order valence-corrected chi connectivity index (χ1v) is 14.1. The fourth-order valence-electron chi connectivity index (χ4n) is 3.09. The van der Waals surface area contributed by atoms with Gasteiger partial charge in [-0.2, -0.15) is 0 Å². The molecule has 0 radical (unpaired) electrons. The Kier molecular flexibility index (Phi) is 25.5. The van der Waals surface area contributed by atoms with E-state index >= 15 is 0 Å². The molecule has 0 aromatic heterocycles. The summed E-state index contributed by atoms with van der Waals surface area (Å²) in [5.74, 6) is 0.541. The highest BCUT2D eigenvalue weighted by Gasteiger charge is 2.02. The number of unbranched alkanes of at least 4 members (excludes halogenated alkanes) is 2. The molecule has 0 saturated carbocycles. The molecule has 230 valence electrons. The Labute approximate surface area is 238 Å². The van der Waals surface area contributed by atoms with Crippen LogP contribution in [0.4, 0.5) is 0 Å². The Morgan fingerprint density at radius 3 is 1.38 bits per heavy atom. The molecular weight excluding hydrogens is 524 g/mol. The quantitative estimate of drug-likeness (QED) is 0.0769. The molecule has 0 bridgehead atoms. The number of carbonyl (C=O) groups excluding carboxylic acids is 2. The second-order valence-electron chi connectivity index (χ2n) is 8.50. The standard InChI is InChI=1S/C29H48O11/c1-2-3-4-5-29(31)40-25-23-38-21-19-36-17-15-34-13-11-32-10-12-33-14-16-35-18-20-37-22-24-39-28-8-6-27(26-30)7-9-28/h6-9,26H,2-5,10-25H2,1H3. The van der Waals surface area contributed by atoms with E-state index < -0.39 is 0 Å². The molecule has 1 aromatic carbocycles. The smallest absolute Gasteiger partial charge is 0.305 e. The minimum atomic E-state index is -0.161. The Hall–Kier alpha value is -2.12. The summed E-state index contributed by atoms with van der Waals surface area (Å²) in [7, 11) is 0. The summed E-state index contributed by atoms with van der Waals surface area (Å²) < 4.78 is 48.6. The molecule has 11 nitrogen and oxygen atoms in total. The molecule has 0 aliphatic heterocycles. The highest BCUT2D eigenvalue weighted by molar-refractivity contribution is 5.74. The first-order valence-electron chi connectivity index (χ1n) is 14.1. The van der Waals surface area contributed by atoms with Crippen LogP contribution in [0.1, 0.15) is 43.0 Å². The summed E-state index contributed by atoms with van der Waals surface area (Å²) in [5, 5.41) is 0. The van der Waals surface area contributed by atoms with Crippen molar-refractivity contribution in [3.63, 3.8) is 0 Å². The Bertz CT molecular complexity index is 700. The molecule has 0 fully saturated rings. The predicted molar refractivity (Wildman–Crippen MR) is 148 cm³/mol. The van der Waals surface area contributed by atoms with Crippen molar-refractivity contribution in [2.24, 2.45) is 0 Å². The van der Waals surface area contributed by atoms with Crippen molar-refractivity contribution in [2.45, 2.75) is 32.6 Å².